The number of aromatic nitrogens is 1. The van der Waals surface area contributed by atoms with Crippen LogP contribution in [0.15, 0.2) is 18.2 Å². The average molecular weight is 276 g/mol. The Kier molecular flexibility index (Phi) is 5.73. The molecule has 0 aromatic carbocycles. The first-order valence-corrected chi connectivity index (χ1v) is 7.53. The normalized spacial score (nSPS) is 13.3. The summed E-state index contributed by atoms with van der Waals surface area (Å²) in [4.78, 5) is 16.7. The lowest BCUT2D eigenvalue weighted by Gasteiger charge is -2.29. The zero-order chi connectivity index (χ0) is 15.3. The molecule has 1 N–H and O–H groups in total. The fraction of sp³-hybridized carbons (Fsp3) is 0.647. The number of amides is 1. The van der Waals surface area contributed by atoms with E-state index in [1.807, 2.05) is 12.1 Å². The van der Waals surface area contributed by atoms with Crippen LogP contribution in [0.2, 0.25) is 0 Å². The number of carbonyl (C=O) groups excluding carboxylic acids is 1. The lowest BCUT2D eigenvalue weighted by molar-refractivity contribution is 0.0919. The molecule has 0 bridgehead atoms. The van der Waals surface area contributed by atoms with Crippen molar-refractivity contribution in [3.63, 3.8) is 0 Å². The molecular weight excluding hydrogens is 248 g/mol. The predicted molar refractivity (Wildman–Crippen MR) is 83.9 cm³/mol. The van der Waals surface area contributed by atoms with Crippen molar-refractivity contribution >= 4 is 5.91 Å². The van der Waals surface area contributed by atoms with Crippen LogP contribution in [0.5, 0.6) is 0 Å². The molecule has 3 nitrogen and oxygen atoms in total. The molecule has 0 fully saturated rings. The van der Waals surface area contributed by atoms with Gasteiger partial charge in [-0.2, -0.15) is 0 Å². The lowest BCUT2D eigenvalue weighted by atomic mass is 9.81. The Morgan fingerprint density at radius 2 is 1.95 bits per heavy atom. The maximum atomic E-state index is 12.2. The van der Waals surface area contributed by atoms with Crippen LogP contribution in [0, 0.1) is 11.3 Å². The van der Waals surface area contributed by atoms with Gasteiger partial charge in [0.1, 0.15) is 5.69 Å². The molecule has 1 aromatic rings. The van der Waals surface area contributed by atoms with Crippen LogP contribution in [0.3, 0.4) is 0 Å². The van der Waals surface area contributed by atoms with Gasteiger partial charge in [0.25, 0.3) is 5.91 Å². The number of hydrogen-bond acceptors (Lipinski definition) is 2. The summed E-state index contributed by atoms with van der Waals surface area (Å²) < 4.78 is 0. The Bertz CT molecular complexity index is 452. The van der Waals surface area contributed by atoms with Gasteiger partial charge in [0, 0.05) is 12.2 Å². The fourth-order valence-electron chi connectivity index (χ4n) is 1.66. The van der Waals surface area contributed by atoms with Crippen molar-refractivity contribution in [3.05, 3.63) is 29.6 Å². The van der Waals surface area contributed by atoms with Crippen molar-refractivity contribution < 1.29 is 4.79 Å². The van der Waals surface area contributed by atoms with Gasteiger partial charge in [-0.05, 0) is 35.8 Å². The third-order valence-electron chi connectivity index (χ3n) is 4.39. The minimum atomic E-state index is -0.0797. The summed E-state index contributed by atoms with van der Waals surface area (Å²) >= 11 is 0. The van der Waals surface area contributed by atoms with Crippen LogP contribution in [0.25, 0.3) is 0 Å². The van der Waals surface area contributed by atoms with E-state index in [0.29, 0.717) is 24.1 Å². The standard InChI is InChI=1S/C17H28N2O/c1-7-13(4)14-9-8-10-15(19-14)16(20)18-11-17(5,6)12(2)3/h8-10,12-13H,7,11H2,1-6H3,(H,18,20)/t13-/m0/s1. The quantitative estimate of drug-likeness (QED) is 0.853. The summed E-state index contributed by atoms with van der Waals surface area (Å²) in [6.45, 7) is 13.6. The molecule has 3 heteroatoms. The maximum absolute atomic E-state index is 12.2. The largest absolute Gasteiger partial charge is 0.350 e. The third-order valence-corrected chi connectivity index (χ3v) is 4.39. The summed E-state index contributed by atoms with van der Waals surface area (Å²) in [7, 11) is 0. The molecule has 0 spiro atoms. The monoisotopic (exact) mass is 276 g/mol. The smallest absolute Gasteiger partial charge is 0.269 e. The van der Waals surface area contributed by atoms with Crippen molar-refractivity contribution in [1.29, 1.82) is 0 Å². The van der Waals surface area contributed by atoms with Gasteiger partial charge in [-0.3, -0.25) is 4.79 Å². The molecule has 1 heterocycles. The predicted octanol–water partition coefficient (Wildman–Crippen LogP) is 4.01. The average Bonchev–Trinajstić information content (AvgIpc) is 2.43. The van der Waals surface area contributed by atoms with Crippen molar-refractivity contribution in [1.82, 2.24) is 10.3 Å². The molecule has 0 saturated carbocycles. The fourth-order valence-corrected chi connectivity index (χ4v) is 1.66. The third kappa shape index (κ3) is 4.32. The van der Waals surface area contributed by atoms with E-state index >= 15 is 0 Å². The SMILES string of the molecule is CC[C@H](C)c1cccc(C(=O)NCC(C)(C)C(C)C)n1. The molecule has 0 aliphatic heterocycles. The minimum Gasteiger partial charge on any atom is -0.350 e. The minimum absolute atomic E-state index is 0.0797. The summed E-state index contributed by atoms with van der Waals surface area (Å²) in [6, 6.07) is 5.68. The van der Waals surface area contributed by atoms with Crippen LogP contribution in [-0.4, -0.2) is 17.4 Å². The second kappa shape index (κ2) is 6.87. The maximum Gasteiger partial charge on any atom is 0.269 e. The Morgan fingerprint density at radius 3 is 2.50 bits per heavy atom. The Hall–Kier alpha value is -1.38. The second-order valence-corrected chi connectivity index (χ2v) is 6.58. The molecule has 0 aliphatic carbocycles. The van der Waals surface area contributed by atoms with Gasteiger partial charge in [-0.1, -0.05) is 47.6 Å². The molecule has 112 valence electrons. The second-order valence-electron chi connectivity index (χ2n) is 6.58. The van der Waals surface area contributed by atoms with Crippen LogP contribution in [0.4, 0.5) is 0 Å². The number of nitrogens with one attached hydrogen (secondary N) is 1. The number of nitrogens with zero attached hydrogens (tertiary/aromatic N) is 1. The first-order chi connectivity index (χ1) is 9.27. The highest BCUT2D eigenvalue weighted by Crippen LogP contribution is 2.24. The van der Waals surface area contributed by atoms with Crippen LogP contribution in [0.1, 0.15) is 70.1 Å². The summed E-state index contributed by atoms with van der Waals surface area (Å²) in [5.74, 6) is 0.820. The highest BCUT2D eigenvalue weighted by molar-refractivity contribution is 5.92. The van der Waals surface area contributed by atoms with Gasteiger partial charge in [0.2, 0.25) is 0 Å². The summed E-state index contributed by atoms with van der Waals surface area (Å²) in [5, 5.41) is 3.00. The summed E-state index contributed by atoms with van der Waals surface area (Å²) in [5.41, 5.74) is 1.59. The highest BCUT2D eigenvalue weighted by atomic mass is 16.1. The van der Waals surface area contributed by atoms with Gasteiger partial charge < -0.3 is 5.32 Å². The molecule has 20 heavy (non-hydrogen) atoms. The van der Waals surface area contributed by atoms with E-state index in [1.54, 1.807) is 6.07 Å². The topological polar surface area (TPSA) is 42.0 Å². The van der Waals surface area contributed by atoms with Gasteiger partial charge in [-0.25, -0.2) is 4.98 Å². The van der Waals surface area contributed by atoms with Crippen LogP contribution in [-0.2, 0) is 0 Å². The van der Waals surface area contributed by atoms with E-state index in [2.05, 4.69) is 51.8 Å². The van der Waals surface area contributed by atoms with E-state index in [0.717, 1.165) is 12.1 Å². The van der Waals surface area contributed by atoms with Crippen LogP contribution >= 0.6 is 0 Å². The molecule has 0 unspecified atom stereocenters. The zero-order valence-corrected chi connectivity index (χ0v) is 13.7. The molecule has 0 saturated heterocycles. The van der Waals surface area contributed by atoms with E-state index in [1.165, 1.54) is 0 Å². The Morgan fingerprint density at radius 1 is 1.30 bits per heavy atom. The molecular formula is C17H28N2O. The van der Waals surface area contributed by atoms with E-state index in [4.69, 9.17) is 0 Å². The van der Waals surface area contributed by atoms with Crippen LogP contribution < -0.4 is 5.32 Å². The van der Waals surface area contributed by atoms with E-state index in [9.17, 15) is 4.79 Å². The Balaban J connectivity index is 2.73. The lowest BCUT2D eigenvalue weighted by Crippen LogP contribution is -2.37. The number of rotatable bonds is 6. The molecule has 1 aromatic heterocycles. The first-order valence-electron chi connectivity index (χ1n) is 7.53. The first kappa shape index (κ1) is 16.7. The Labute approximate surface area is 123 Å². The number of pyridine rings is 1. The van der Waals surface area contributed by atoms with Crippen molar-refractivity contribution in [2.24, 2.45) is 11.3 Å². The molecule has 1 atom stereocenters. The summed E-state index contributed by atoms with van der Waals surface area (Å²) in [6.07, 6.45) is 1.03. The van der Waals surface area contributed by atoms with Gasteiger partial charge in [0.05, 0.1) is 0 Å². The molecule has 1 rings (SSSR count). The molecule has 1 amide bonds. The number of hydrogen-bond donors (Lipinski definition) is 1. The van der Waals surface area contributed by atoms with E-state index < -0.39 is 0 Å². The van der Waals surface area contributed by atoms with Gasteiger partial charge >= 0.3 is 0 Å². The van der Waals surface area contributed by atoms with Gasteiger partial charge in [0.15, 0.2) is 0 Å². The van der Waals surface area contributed by atoms with Crippen molar-refractivity contribution in [3.8, 4) is 0 Å². The molecule has 0 radical (unpaired) electrons. The van der Waals surface area contributed by atoms with Crippen molar-refractivity contribution in [2.45, 2.75) is 53.9 Å². The molecule has 0 aliphatic rings. The highest BCUT2D eigenvalue weighted by Gasteiger charge is 2.23. The van der Waals surface area contributed by atoms with Crippen molar-refractivity contribution in [2.75, 3.05) is 6.54 Å². The number of carbonyl (C=O) groups is 1. The van der Waals surface area contributed by atoms with E-state index in [-0.39, 0.29) is 11.3 Å². The van der Waals surface area contributed by atoms with Gasteiger partial charge in [-0.15, -0.1) is 0 Å². The zero-order valence-electron chi connectivity index (χ0n) is 13.7.